The SMILES string of the molecule is CSc1cccc(NC(=O)c2cc(N)c[nH]2)c1. The summed E-state index contributed by atoms with van der Waals surface area (Å²) >= 11 is 1.63. The fourth-order valence-electron chi connectivity index (χ4n) is 1.44. The molecule has 0 saturated carbocycles. The van der Waals surface area contributed by atoms with Crippen LogP contribution in [0.4, 0.5) is 11.4 Å². The number of nitrogen functional groups attached to an aromatic ring is 1. The van der Waals surface area contributed by atoms with Crippen molar-refractivity contribution < 1.29 is 4.79 Å². The lowest BCUT2D eigenvalue weighted by atomic mass is 10.3. The number of benzene rings is 1. The van der Waals surface area contributed by atoms with E-state index in [-0.39, 0.29) is 5.91 Å². The Morgan fingerprint density at radius 2 is 2.24 bits per heavy atom. The van der Waals surface area contributed by atoms with Crippen LogP contribution >= 0.6 is 11.8 Å². The number of rotatable bonds is 3. The Labute approximate surface area is 104 Å². The molecular weight excluding hydrogens is 234 g/mol. The molecule has 0 spiro atoms. The minimum Gasteiger partial charge on any atom is -0.397 e. The second-order valence-electron chi connectivity index (χ2n) is 3.53. The molecule has 1 aromatic carbocycles. The minimum absolute atomic E-state index is 0.194. The van der Waals surface area contributed by atoms with Crippen molar-refractivity contribution in [1.82, 2.24) is 4.98 Å². The lowest BCUT2D eigenvalue weighted by Crippen LogP contribution is -2.12. The predicted molar refractivity (Wildman–Crippen MR) is 71.4 cm³/mol. The van der Waals surface area contributed by atoms with Gasteiger partial charge in [0.2, 0.25) is 0 Å². The van der Waals surface area contributed by atoms with Crippen molar-refractivity contribution in [1.29, 1.82) is 0 Å². The van der Waals surface area contributed by atoms with Gasteiger partial charge in [0, 0.05) is 22.5 Å². The highest BCUT2D eigenvalue weighted by atomic mass is 32.2. The first-order chi connectivity index (χ1) is 8.19. The summed E-state index contributed by atoms with van der Waals surface area (Å²) in [6, 6.07) is 9.28. The van der Waals surface area contributed by atoms with Crippen molar-refractivity contribution in [2.75, 3.05) is 17.3 Å². The Morgan fingerprint density at radius 1 is 1.41 bits per heavy atom. The molecular formula is C12H13N3OS. The molecule has 0 aliphatic rings. The fourth-order valence-corrected chi connectivity index (χ4v) is 1.90. The number of aromatic nitrogens is 1. The lowest BCUT2D eigenvalue weighted by Gasteiger charge is -2.05. The molecule has 0 bridgehead atoms. The quantitative estimate of drug-likeness (QED) is 0.730. The van der Waals surface area contributed by atoms with Crippen molar-refractivity contribution in [3.05, 3.63) is 42.2 Å². The summed E-state index contributed by atoms with van der Waals surface area (Å²) in [7, 11) is 0. The van der Waals surface area contributed by atoms with Gasteiger partial charge in [-0.2, -0.15) is 0 Å². The van der Waals surface area contributed by atoms with Gasteiger partial charge >= 0.3 is 0 Å². The van der Waals surface area contributed by atoms with Crippen LogP contribution in [-0.4, -0.2) is 17.1 Å². The Bertz CT molecular complexity index is 536. The minimum atomic E-state index is -0.194. The topological polar surface area (TPSA) is 70.9 Å². The van der Waals surface area contributed by atoms with E-state index in [1.54, 1.807) is 24.0 Å². The summed E-state index contributed by atoms with van der Waals surface area (Å²) in [4.78, 5) is 15.7. The van der Waals surface area contributed by atoms with Crippen LogP contribution in [0.1, 0.15) is 10.5 Å². The van der Waals surface area contributed by atoms with Gasteiger partial charge in [-0.15, -0.1) is 11.8 Å². The molecule has 0 aliphatic heterocycles. The van der Waals surface area contributed by atoms with E-state index in [0.29, 0.717) is 11.4 Å². The number of nitrogens with one attached hydrogen (secondary N) is 2. The van der Waals surface area contributed by atoms with Crippen LogP contribution in [-0.2, 0) is 0 Å². The molecule has 0 radical (unpaired) electrons. The second-order valence-corrected chi connectivity index (χ2v) is 4.41. The molecule has 88 valence electrons. The molecule has 2 rings (SSSR count). The van der Waals surface area contributed by atoms with Crippen LogP contribution in [0, 0.1) is 0 Å². The Balaban J connectivity index is 2.12. The van der Waals surface area contributed by atoms with Gasteiger partial charge in [-0.1, -0.05) is 6.07 Å². The standard InChI is InChI=1S/C12H13N3OS/c1-17-10-4-2-3-9(6-10)15-12(16)11-5-8(13)7-14-11/h2-7,14H,13H2,1H3,(H,15,16). The van der Waals surface area contributed by atoms with Gasteiger partial charge in [0.25, 0.3) is 5.91 Å². The van der Waals surface area contributed by atoms with E-state index < -0.39 is 0 Å². The summed E-state index contributed by atoms with van der Waals surface area (Å²) in [6.07, 6.45) is 3.58. The Morgan fingerprint density at radius 3 is 2.88 bits per heavy atom. The average Bonchev–Trinajstić information content (AvgIpc) is 2.76. The van der Waals surface area contributed by atoms with Crippen molar-refractivity contribution in [2.45, 2.75) is 4.90 Å². The molecule has 1 aromatic heterocycles. The molecule has 1 amide bonds. The molecule has 1 heterocycles. The van der Waals surface area contributed by atoms with Crippen LogP contribution < -0.4 is 11.1 Å². The van der Waals surface area contributed by atoms with Gasteiger partial charge in [0.05, 0.1) is 0 Å². The molecule has 2 aromatic rings. The number of carbonyl (C=O) groups is 1. The number of thioether (sulfide) groups is 1. The number of amides is 1. The molecule has 0 saturated heterocycles. The fraction of sp³-hybridized carbons (Fsp3) is 0.0833. The van der Waals surface area contributed by atoms with Crippen molar-refractivity contribution in [2.24, 2.45) is 0 Å². The number of hydrogen-bond donors (Lipinski definition) is 3. The highest BCUT2D eigenvalue weighted by Gasteiger charge is 2.07. The Hall–Kier alpha value is -1.88. The number of H-pyrrole nitrogens is 1. The summed E-state index contributed by atoms with van der Waals surface area (Å²) in [6.45, 7) is 0. The van der Waals surface area contributed by atoms with Gasteiger partial charge in [0.15, 0.2) is 0 Å². The van der Waals surface area contributed by atoms with Crippen LogP contribution in [0.25, 0.3) is 0 Å². The van der Waals surface area contributed by atoms with Crippen LogP contribution in [0.5, 0.6) is 0 Å². The molecule has 4 N–H and O–H groups in total. The zero-order valence-electron chi connectivity index (χ0n) is 9.36. The van der Waals surface area contributed by atoms with Gasteiger partial charge in [-0.25, -0.2) is 0 Å². The van der Waals surface area contributed by atoms with E-state index in [2.05, 4.69) is 10.3 Å². The summed E-state index contributed by atoms with van der Waals surface area (Å²) < 4.78 is 0. The molecule has 4 nitrogen and oxygen atoms in total. The summed E-state index contributed by atoms with van der Waals surface area (Å²) in [5.74, 6) is -0.194. The molecule has 0 aliphatic carbocycles. The highest BCUT2D eigenvalue weighted by molar-refractivity contribution is 7.98. The monoisotopic (exact) mass is 247 g/mol. The third kappa shape index (κ3) is 2.82. The maximum absolute atomic E-state index is 11.8. The van der Waals surface area contributed by atoms with Crippen molar-refractivity contribution in [3.63, 3.8) is 0 Å². The first-order valence-electron chi connectivity index (χ1n) is 5.08. The van der Waals surface area contributed by atoms with Crippen LogP contribution in [0.15, 0.2) is 41.4 Å². The van der Waals surface area contributed by atoms with Gasteiger partial charge in [-0.05, 0) is 30.5 Å². The first-order valence-corrected chi connectivity index (χ1v) is 6.31. The van der Waals surface area contributed by atoms with E-state index in [4.69, 9.17) is 5.73 Å². The van der Waals surface area contributed by atoms with E-state index in [0.717, 1.165) is 10.6 Å². The lowest BCUT2D eigenvalue weighted by molar-refractivity contribution is 0.102. The van der Waals surface area contributed by atoms with Crippen LogP contribution in [0.3, 0.4) is 0 Å². The van der Waals surface area contributed by atoms with Gasteiger partial charge in [0.1, 0.15) is 5.69 Å². The zero-order chi connectivity index (χ0) is 12.3. The second kappa shape index (κ2) is 4.97. The van der Waals surface area contributed by atoms with E-state index >= 15 is 0 Å². The third-order valence-electron chi connectivity index (χ3n) is 2.28. The summed E-state index contributed by atoms with van der Waals surface area (Å²) in [5.41, 5.74) is 7.32. The summed E-state index contributed by atoms with van der Waals surface area (Å²) in [5, 5.41) is 2.81. The largest absolute Gasteiger partial charge is 0.397 e. The van der Waals surface area contributed by atoms with E-state index in [1.807, 2.05) is 30.5 Å². The predicted octanol–water partition coefficient (Wildman–Crippen LogP) is 2.57. The van der Waals surface area contributed by atoms with E-state index in [1.165, 1.54) is 0 Å². The van der Waals surface area contributed by atoms with Crippen LogP contribution in [0.2, 0.25) is 0 Å². The van der Waals surface area contributed by atoms with Gasteiger partial charge < -0.3 is 16.0 Å². The highest BCUT2D eigenvalue weighted by Crippen LogP contribution is 2.19. The van der Waals surface area contributed by atoms with E-state index in [9.17, 15) is 4.79 Å². The maximum Gasteiger partial charge on any atom is 0.272 e. The number of hydrogen-bond acceptors (Lipinski definition) is 3. The molecule has 0 unspecified atom stereocenters. The normalized spacial score (nSPS) is 10.2. The smallest absolute Gasteiger partial charge is 0.272 e. The first kappa shape index (κ1) is 11.6. The van der Waals surface area contributed by atoms with Crippen molar-refractivity contribution >= 4 is 29.0 Å². The molecule has 5 heteroatoms. The van der Waals surface area contributed by atoms with Gasteiger partial charge in [-0.3, -0.25) is 4.79 Å². The Kier molecular flexibility index (Phi) is 3.39. The van der Waals surface area contributed by atoms with Crippen molar-refractivity contribution in [3.8, 4) is 0 Å². The number of carbonyl (C=O) groups excluding carboxylic acids is 1. The average molecular weight is 247 g/mol. The third-order valence-corrected chi connectivity index (χ3v) is 3.00. The molecule has 0 fully saturated rings. The number of anilines is 2. The number of aromatic amines is 1. The zero-order valence-corrected chi connectivity index (χ0v) is 10.2. The maximum atomic E-state index is 11.8. The molecule has 17 heavy (non-hydrogen) atoms. The molecule has 0 atom stereocenters. The number of nitrogens with two attached hydrogens (primary N) is 1.